The minimum atomic E-state index is -0.613. The van der Waals surface area contributed by atoms with Crippen molar-refractivity contribution < 1.29 is 19.1 Å². The number of nitrogens with one attached hydrogen (secondary N) is 1. The summed E-state index contributed by atoms with van der Waals surface area (Å²) < 4.78 is 4.56. The van der Waals surface area contributed by atoms with Crippen molar-refractivity contribution in [1.29, 1.82) is 0 Å². The Morgan fingerprint density at radius 1 is 1.25 bits per heavy atom. The number of aromatic nitrogens is 1. The van der Waals surface area contributed by atoms with Gasteiger partial charge in [0.2, 0.25) is 11.8 Å². The summed E-state index contributed by atoms with van der Waals surface area (Å²) in [5.41, 5.74) is 1.15. The maximum atomic E-state index is 12.6. The van der Waals surface area contributed by atoms with Crippen LogP contribution in [0.5, 0.6) is 0 Å². The molecule has 2 fully saturated rings. The lowest BCUT2D eigenvalue weighted by molar-refractivity contribution is -0.143. The molecular formula is C20H28N4O4. The Labute approximate surface area is 165 Å². The highest BCUT2D eigenvalue weighted by molar-refractivity contribution is 5.85. The molecule has 1 aromatic heterocycles. The standard InChI is InChI=1S/C20H28N4O4/c1-15(22-19(27)28-2)18(26)23-11-7-20(8-12-23)6-3-17(25)24(14-20)13-16-4-9-21-10-5-16/h4-5,9-10,15H,3,6-8,11-14H2,1-2H3,(H,22,27). The van der Waals surface area contributed by atoms with E-state index in [0.29, 0.717) is 26.1 Å². The monoisotopic (exact) mass is 388 g/mol. The van der Waals surface area contributed by atoms with Crippen LogP contribution < -0.4 is 5.32 Å². The van der Waals surface area contributed by atoms with Crippen molar-refractivity contribution in [3.05, 3.63) is 30.1 Å². The van der Waals surface area contributed by atoms with Crippen LogP contribution >= 0.6 is 0 Å². The van der Waals surface area contributed by atoms with Gasteiger partial charge in [-0.05, 0) is 49.3 Å². The van der Waals surface area contributed by atoms with E-state index < -0.39 is 12.1 Å². The molecule has 0 aliphatic carbocycles. The van der Waals surface area contributed by atoms with E-state index in [1.807, 2.05) is 17.0 Å². The molecule has 1 atom stereocenters. The molecule has 2 saturated heterocycles. The van der Waals surface area contributed by atoms with E-state index in [1.54, 1.807) is 24.2 Å². The van der Waals surface area contributed by atoms with Crippen LogP contribution in [0.15, 0.2) is 24.5 Å². The molecule has 1 N–H and O–H groups in total. The molecule has 28 heavy (non-hydrogen) atoms. The van der Waals surface area contributed by atoms with Crippen LogP contribution in [0.4, 0.5) is 4.79 Å². The molecule has 3 rings (SSSR count). The highest BCUT2D eigenvalue weighted by Crippen LogP contribution is 2.40. The lowest BCUT2D eigenvalue weighted by Crippen LogP contribution is -2.54. The minimum Gasteiger partial charge on any atom is -0.453 e. The fourth-order valence-corrected chi connectivity index (χ4v) is 4.14. The summed E-state index contributed by atoms with van der Waals surface area (Å²) in [6.45, 7) is 4.28. The average Bonchev–Trinajstić information content (AvgIpc) is 2.71. The van der Waals surface area contributed by atoms with Crippen LogP contribution in [0, 0.1) is 5.41 Å². The van der Waals surface area contributed by atoms with Gasteiger partial charge in [0.05, 0.1) is 7.11 Å². The molecule has 3 heterocycles. The normalized spacial score (nSPS) is 20.0. The van der Waals surface area contributed by atoms with Crippen LogP contribution in [0.3, 0.4) is 0 Å². The molecule has 8 nitrogen and oxygen atoms in total. The van der Waals surface area contributed by atoms with Gasteiger partial charge in [-0.2, -0.15) is 0 Å². The van der Waals surface area contributed by atoms with Gasteiger partial charge < -0.3 is 19.9 Å². The van der Waals surface area contributed by atoms with Crippen LogP contribution in [-0.2, 0) is 20.9 Å². The number of likely N-dealkylation sites (tertiary alicyclic amines) is 2. The quantitative estimate of drug-likeness (QED) is 0.845. The number of carbonyl (C=O) groups is 3. The number of ether oxygens (including phenoxy) is 1. The van der Waals surface area contributed by atoms with Crippen molar-refractivity contribution in [2.45, 2.75) is 45.2 Å². The zero-order valence-corrected chi connectivity index (χ0v) is 16.5. The van der Waals surface area contributed by atoms with Crippen LogP contribution in [-0.4, -0.2) is 65.5 Å². The second-order valence-corrected chi connectivity index (χ2v) is 7.79. The van der Waals surface area contributed by atoms with Crippen molar-refractivity contribution >= 4 is 17.9 Å². The Hall–Kier alpha value is -2.64. The fourth-order valence-electron chi connectivity index (χ4n) is 4.14. The molecular weight excluding hydrogens is 360 g/mol. The Bertz CT molecular complexity index is 716. The number of alkyl carbamates (subject to hydrolysis) is 1. The summed E-state index contributed by atoms with van der Waals surface area (Å²) in [6.07, 6.45) is 6.04. The molecule has 1 spiro atoms. The maximum absolute atomic E-state index is 12.6. The predicted octanol–water partition coefficient (Wildman–Crippen LogP) is 1.56. The molecule has 0 aromatic carbocycles. The third-order valence-corrected chi connectivity index (χ3v) is 5.90. The number of methoxy groups -OCH3 is 1. The maximum Gasteiger partial charge on any atom is 0.407 e. The van der Waals surface area contributed by atoms with Gasteiger partial charge in [-0.25, -0.2) is 4.79 Å². The first-order valence-electron chi connectivity index (χ1n) is 9.72. The van der Waals surface area contributed by atoms with E-state index >= 15 is 0 Å². The van der Waals surface area contributed by atoms with Crippen LogP contribution in [0.1, 0.15) is 38.2 Å². The first kappa shape index (κ1) is 20.1. The van der Waals surface area contributed by atoms with Crippen LogP contribution in [0.25, 0.3) is 0 Å². The van der Waals surface area contributed by atoms with Gasteiger partial charge in [0.25, 0.3) is 0 Å². The van der Waals surface area contributed by atoms with Gasteiger partial charge in [0, 0.05) is 45.0 Å². The van der Waals surface area contributed by atoms with Crippen molar-refractivity contribution in [2.75, 3.05) is 26.7 Å². The predicted molar refractivity (Wildman–Crippen MR) is 102 cm³/mol. The van der Waals surface area contributed by atoms with Crippen molar-refractivity contribution in [3.8, 4) is 0 Å². The van der Waals surface area contributed by atoms with Crippen LogP contribution in [0.2, 0.25) is 0 Å². The molecule has 2 aliphatic heterocycles. The van der Waals surface area contributed by atoms with Crippen molar-refractivity contribution in [3.63, 3.8) is 0 Å². The number of piperidine rings is 2. The summed E-state index contributed by atoms with van der Waals surface area (Å²) in [5, 5.41) is 2.53. The number of pyridine rings is 1. The van der Waals surface area contributed by atoms with Crippen molar-refractivity contribution in [2.24, 2.45) is 5.41 Å². The van der Waals surface area contributed by atoms with E-state index in [2.05, 4.69) is 15.0 Å². The summed E-state index contributed by atoms with van der Waals surface area (Å²) >= 11 is 0. The number of hydrogen-bond donors (Lipinski definition) is 1. The highest BCUT2D eigenvalue weighted by atomic mass is 16.5. The molecule has 0 radical (unpaired) electrons. The molecule has 1 aromatic rings. The molecule has 0 bridgehead atoms. The molecule has 8 heteroatoms. The minimum absolute atomic E-state index is 0.0662. The molecule has 3 amide bonds. The number of amides is 3. The number of hydrogen-bond acceptors (Lipinski definition) is 5. The number of rotatable bonds is 4. The van der Waals surface area contributed by atoms with Crippen molar-refractivity contribution in [1.82, 2.24) is 20.1 Å². The molecule has 2 aliphatic rings. The summed E-state index contributed by atoms with van der Waals surface area (Å²) in [5.74, 6) is 0.0950. The highest BCUT2D eigenvalue weighted by Gasteiger charge is 2.42. The van der Waals surface area contributed by atoms with E-state index in [1.165, 1.54) is 7.11 Å². The summed E-state index contributed by atoms with van der Waals surface area (Å²) in [6, 6.07) is 3.26. The Morgan fingerprint density at radius 2 is 1.93 bits per heavy atom. The van der Waals surface area contributed by atoms with Gasteiger partial charge in [0.1, 0.15) is 6.04 Å². The van der Waals surface area contributed by atoms with E-state index in [9.17, 15) is 14.4 Å². The topological polar surface area (TPSA) is 91.8 Å². The van der Waals surface area contributed by atoms with E-state index in [-0.39, 0.29) is 17.2 Å². The Balaban J connectivity index is 1.57. The molecule has 152 valence electrons. The van der Waals surface area contributed by atoms with Gasteiger partial charge in [-0.1, -0.05) is 0 Å². The molecule has 0 saturated carbocycles. The van der Waals surface area contributed by atoms with Gasteiger partial charge in [-0.15, -0.1) is 0 Å². The van der Waals surface area contributed by atoms with Gasteiger partial charge >= 0.3 is 6.09 Å². The SMILES string of the molecule is COC(=O)NC(C)C(=O)N1CCC2(CCC(=O)N(Cc3ccncc3)C2)CC1. The second kappa shape index (κ2) is 8.58. The molecule has 1 unspecified atom stereocenters. The zero-order valence-electron chi connectivity index (χ0n) is 16.5. The third-order valence-electron chi connectivity index (χ3n) is 5.90. The third kappa shape index (κ3) is 4.61. The average molecular weight is 388 g/mol. The smallest absolute Gasteiger partial charge is 0.407 e. The summed E-state index contributed by atoms with van der Waals surface area (Å²) in [4.78, 5) is 44.1. The first-order chi connectivity index (χ1) is 13.4. The largest absolute Gasteiger partial charge is 0.453 e. The van der Waals surface area contributed by atoms with Gasteiger partial charge in [-0.3, -0.25) is 14.6 Å². The fraction of sp³-hybridized carbons (Fsp3) is 0.600. The van der Waals surface area contributed by atoms with E-state index in [0.717, 1.165) is 31.4 Å². The van der Waals surface area contributed by atoms with Gasteiger partial charge in [0.15, 0.2) is 0 Å². The number of carbonyl (C=O) groups excluding carboxylic acids is 3. The summed E-state index contributed by atoms with van der Waals surface area (Å²) in [7, 11) is 1.28. The second-order valence-electron chi connectivity index (χ2n) is 7.79. The lowest BCUT2D eigenvalue weighted by atomic mass is 9.72. The zero-order chi connectivity index (χ0) is 20.1. The number of nitrogens with zero attached hydrogens (tertiary/aromatic N) is 3. The first-order valence-corrected chi connectivity index (χ1v) is 9.72. The lowest BCUT2D eigenvalue weighted by Gasteiger charge is -2.47. The Kier molecular flexibility index (Phi) is 6.16. The van der Waals surface area contributed by atoms with E-state index in [4.69, 9.17) is 0 Å². The Morgan fingerprint density at radius 3 is 2.57 bits per heavy atom.